The van der Waals surface area contributed by atoms with Crippen LogP contribution < -0.4 is 10.1 Å². The zero-order chi connectivity index (χ0) is 21.8. The second-order valence-corrected chi connectivity index (χ2v) is 7.14. The Bertz CT molecular complexity index is 1090. The molecule has 10 nitrogen and oxygen atoms in total. The minimum atomic E-state index is -0.489. The van der Waals surface area contributed by atoms with Gasteiger partial charge in [0.15, 0.2) is 5.69 Å². The third-order valence-corrected chi connectivity index (χ3v) is 4.97. The summed E-state index contributed by atoms with van der Waals surface area (Å²) in [6.07, 6.45) is 2.20. The number of rotatable bonds is 7. The van der Waals surface area contributed by atoms with Crippen molar-refractivity contribution in [2.45, 2.75) is 25.9 Å². The Morgan fingerprint density at radius 2 is 2.13 bits per heavy atom. The number of hydrogen-bond acceptors (Lipinski definition) is 7. The van der Waals surface area contributed by atoms with E-state index in [0.717, 1.165) is 19.4 Å². The molecule has 2 aromatic carbocycles. The second-order valence-electron chi connectivity index (χ2n) is 7.14. The summed E-state index contributed by atoms with van der Waals surface area (Å²) >= 11 is 0. The number of nitro groups is 1. The van der Waals surface area contributed by atoms with Gasteiger partial charge in [-0.1, -0.05) is 11.3 Å². The quantitative estimate of drug-likeness (QED) is 0.457. The molecule has 1 aliphatic rings. The molecule has 1 N–H and O–H groups in total. The third-order valence-electron chi connectivity index (χ3n) is 4.97. The molecular weight excluding hydrogens is 402 g/mol. The number of amides is 1. The van der Waals surface area contributed by atoms with Gasteiger partial charge >= 0.3 is 0 Å². The van der Waals surface area contributed by atoms with Crippen LogP contribution >= 0.6 is 0 Å². The Labute approximate surface area is 177 Å². The monoisotopic (exact) mass is 423 g/mol. The number of nitro benzene ring substituents is 1. The first-order chi connectivity index (χ1) is 15.0. The Hall–Kier alpha value is -3.79. The molecule has 1 fully saturated rings. The van der Waals surface area contributed by atoms with Crippen LogP contribution in [-0.4, -0.2) is 45.1 Å². The standard InChI is InChI=1S/C21H21N5O5/c1-14-20(23-24-25(14)16-4-2-5-17(12-16)26(28)29)21(27)22-15-7-9-18(10-8-15)31-13-19-6-3-11-30-19/h2,4-5,7-10,12,19H,3,6,11,13H2,1H3,(H,22,27). The van der Waals surface area contributed by atoms with Crippen LogP contribution in [0, 0.1) is 17.0 Å². The van der Waals surface area contributed by atoms with Crippen molar-refractivity contribution in [3.63, 3.8) is 0 Å². The van der Waals surface area contributed by atoms with Crippen LogP contribution in [-0.2, 0) is 4.74 Å². The maximum Gasteiger partial charge on any atom is 0.278 e. The van der Waals surface area contributed by atoms with Crippen molar-refractivity contribution < 1.29 is 19.2 Å². The lowest BCUT2D eigenvalue weighted by molar-refractivity contribution is -0.384. The predicted molar refractivity (Wildman–Crippen MR) is 112 cm³/mol. The van der Waals surface area contributed by atoms with E-state index in [2.05, 4.69) is 15.6 Å². The van der Waals surface area contributed by atoms with Crippen molar-refractivity contribution in [1.82, 2.24) is 15.0 Å². The fraction of sp³-hybridized carbons (Fsp3) is 0.286. The van der Waals surface area contributed by atoms with Gasteiger partial charge in [0.25, 0.3) is 11.6 Å². The van der Waals surface area contributed by atoms with Gasteiger partial charge in [-0.25, -0.2) is 4.68 Å². The number of non-ortho nitro benzene ring substituents is 1. The molecule has 4 rings (SSSR count). The lowest BCUT2D eigenvalue weighted by Crippen LogP contribution is -2.16. The van der Waals surface area contributed by atoms with E-state index >= 15 is 0 Å². The number of anilines is 1. The topological polar surface area (TPSA) is 121 Å². The number of benzene rings is 2. The minimum absolute atomic E-state index is 0.0693. The van der Waals surface area contributed by atoms with Crippen LogP contribution in [0.5, 0.6) is 5.75 Å². The number of aromatic nitrogens is 3. The van der Waals surface area contributed by atoms with E-state index < -0.39 is 10.8 Å². The van der Waals surface area contributed by atoms with E-state index in [1.54, 1.807) is 43.3 Å². The van der Waals surface area contributed by atoms with Crippen LogP contribution in [0.3, 0.4) is 0 Å². The van der Waals surface area contributed by atoms with Crippen molar-refractivity contribution >= 4 is 17.3 Å². The Balaban J connectivity index is 1.42. The number of carbonyl (C=O) groups is 1. The fourth-order valence-corrected chi connectivity index (χ4v) is 3.31. The number of nitrogens with one attached hydrogen (secondary N) is 1. The van der Waals surface area contributed by atoms with Crippen molar-refractivity contribution in [3.8, 4) is 11.4 Å². The molecule has 2 heterocycles. The van der Waals surface area contributed by atoms with Gasteiger partial charge < -0.3 is 14.8 Å². The van der Waals surface area contributed by atoms with E-state index in [1.807, 2.05) is 0 Å². The molecule has 0 radical (unpaired) electrons. The summed E-state index contributed by atoms with van der Waals surface area (Å²) in [6, 6.07) is 13.0. The van der Waals surface area contributed by atoms with Crippen molar-refractivity contribution in [1.29, 1.82) is 0 Å². The van der Waals surface area contributed by atoms with E-state index in [0.29, 0.717) is 29.4 Å². The lowest BCUT2D eigenvalue weighted by atomic mass is 10.2. The number of carbonyl (C=O) groups excluding carboxylic acids is 1. The maximum atomic E-state index is 12.7. The molecule has 1 aliphatic heterocycles. The normalized spacial score (nSPS) is 15.6. The van der Waals surface area contributed by atoms with Crippen molar-refractivity contribution in [3.05, 3.63) is 70.0 Å². The summed E-state index contributed by atoms with van der Waals surface area (Å²) in [5, 5.41) is 21.7. The van der Waals surface area contributed by atoms with E-state index in [9.17, 15) is 14.9 Å². The lowest BCUT2D eigenvalue weighted by Gasteiger charge is -2.12. The first-order valence-electron chi connectivity index (χ1n) is 9.84. The highest BCUT2D eigenvalue weighted by atomic mass is 16.6. The summed E-state index contributed by atoms with van der Waals surface area (Å²) in [4.78, 5) is 23.2. The number of ether oxygens (including phenoxy) is 2. The predicted octanol–water partition coefficient (Wildman–Crippen LogP) is 3.29. The zero-order valence-corrected chi connectivity index (χ0v) is 16.9. The Morgan fingerprint density at radius 3 is 2.84 bits per heavy atom. The number of nitrogens with zero attached hydrogens (tertiary/aromatic N) is 4. The van der Waals surface area contributed by atoms with Crippen LogP contribution in [0.25, 0.3) is 5.69 Å². The molecule has 0 spiro atoms. The minimum Gasteiger partial charge on any atom is -0.491 e. The summed E-state index contributed by atoms with van der Waals surface area (Å²) in [7, 11) is 0. The molecule has 3 aromatic rings. The molecule has 0 bridgehead atoms. The molecular formula is C21H21N5O5. The van der Waals surface area contributed by atoms with Gasteiger partial charge in [-0.2, -0.15) is 0 Å². The molecule has 10 heteroatoms. The Morgan fingerprint density at radius 1 is 1.32 bits per heavy atom. The van der Waals surface area contributed by atoms with Crippen molar-refractivity contribution in [2.24, 2.45) is 0 Å². The largest absolute Gasteiger partial charge is 0.491 e. The first-order valence-corrected chi connectivity index (χ1v) is 9.84. The van der Waals surface area contributed by atoms with Gasteiger partial charge in [0.05, 0.1) is 22.4 Å². The average molecular weight is 423 g/mol. The summed E-state index contributed by atoms with van der Waals surface area (Å²) in [6.45, 7) is 2.96. The molecule has 1 atom stereocenters. The molecule has 1 saturated heterocycles. The fourth-order valence-electron chi connectivity index (χ4n) is 3.31. The van der Waals surface area contributed by atoms with Crippen molar-refractivity contribution in [2.75, 3.05) is 18.5 Å². The summed E-state index contributed by atoms with van der Waals surface area (Å²) < 4.78 is 12.6. The van der Waals surface area contributed by atoms with Gasteiger partial charge in [0.2, 0.25) is 0 Å². The highest BCUT2D eigenvalue weighted by Crippen LogP contribution is 2.21. The Kier molecular flexibility index (Phi) is 5.89. The smallest absolute Gasteiger partial charge is 0.278 e. The molecule has 0 saturated carbocycles. The van der Waals surface area contributed by atoms with Gasteiger partial charge in [-0.05, 0) is 50.1 Å². The van der Waals surface area contributed by atoms with E-state index in [-0.39, 0.29) is 17.5 Å². The molecule has 160 valence electrons. The second kappa shape index (κ2) is 8.92. The third kappa shape index (κ3) is 4.69. The molecule has 0 aliphatic carbocycles. The summed E-state index contributed by atoms with van der Waals surface area (Å²) in [5.74, 6) is 0.267. The zero-order valence-electron chi connectivity index (χ0n) is 16.9. The van der Waals surface area contributed by atoms with Gasteiger partial charge in [0, 0.05) is 24.4 Å². The molecule has 31 heavy (non-hydrogen) atoms. The highest BCUT2D eigenvalue weighted by molar-refractivity contribution is 6.03. The highest BCUT2D eigenvalue weighted by Gasteiger charge is 2.19. The maximum absolute atomic E-state index is 12.7. The van der Waals surface area contributed by atoms with Crippen LogP contribution in [0.4, 0.5) is 11.4 Å². The van der Waals surface area contributed by atoms with Gasteiger partial charge in [-0.3, -0.25) is 14.9 Å². The SMILES string of the molecule is Cc1c(C(=O)Nc2ccc(OCC3CCCO3)cc2)nnn1-c1cccc([N+](=O)[O-])c1. The van der Waals surface area contributed by atoms with Crippen LogP contribution in [0.15, 0.2) is 48.5 Å². The van der Waals surface area contributed by atoms with E-state index in [1.165, 1.54) is 16.8 Å². The summed E-state index contributed by atoms with van der Waals surface area (Å²) in [5.41, 5.74) is 1.56. The first kappa shape index (κ1) is 20.5. The van der Waals surface area contributed by atoms with Crippen LogP contribution in [0.2, 0.25) is 0 Å². The number of hydrogen-bond donors (Lipinski definition) is 1. The molecule has 1 amide bonds. The molecule has 1 aromatic heterocycles. The van der Waals surface area contributed by atoms with Gasteiger partial charge in [0.1, 0.15) is 12.4 Å². The van der Waals surface area contributed by atoms with Gasteiger partial charge in [-0.15, -0.1) is 5.10 Å². The molecule has 1 unspecified atom stereocenters. The average Bonchev–Trinajstić information content (AvgIpc) is 3.43. The van der Waals surface area contributed by atoms with Crippen LogP contribution in [0.1, 0.15) is 29.0 Å². The van der Waals surface area contributed by atoms with E-state index in [4.69, 9.17) is 9.47 Å².